The molecule has 0 bridgehead atoms. The van der Waals surface area contributed by atoms with Crippen LogP contribution in [0, 0.1) is 0 Å². The molecule has 0 radical (unpaired) electrons. The van der Waals surface area contributed by atoms with Gasteiger partial charge in [-0.3, -0.25) is 0 Å². The summed E-state index contributed by atoms with van der Waals surface area (Å²) in [6, 6.07) is 13.1. The molecule has 7 heteroatoms. The van der Waals surface area contributed by atoms with E-state index in [1.165, 1.54) is 108 Å². The SMILES string of the molecule is CCCCCCCCCCCCCc1ccc2c(c1CCOC(=O)n1cc(C(=O)O)c3nc(C4CC4)cnc31)Cc1ccccc1-2. The first-order chi connectivity index (χ1) is 22.5. The molecule has 0 spiro atoms. The van der Waals surface area contributed by atoms with Crippen molar-refractivity contribution in [3.8, 4) is 11.1 Å². The third kappa shape index (κ3) is 7.35. The van der Waals surface area contributed by atoms with Gasteiger partial charge in [0.05, 0.1) is 18.5 Å². The largest absolute Gasteiger partial charge is 0.478 e. The van der Waals surface area contributed by atoms with E-state index in [2.05, 4.69) is 53.3 Å². The highest BCUT2D eigenvalue weighted by atomic mass is 16.5. The molecule has 7 nitrogen and oxygen atoms in total. The number of carbonyl (C=O) groups excluding carboxylic acids is 1. The maximum atomic E-state index is 13.3. The number of aryl methyl sites for hydroxylation is 1. The highest BCUT2D eigenvalue weighted by Gasteiger charge is 2.28. The van der Waals surface area contributed by atoms with Gasteiger partial charge in [-0.05, 0) is 65.5 Å². The zero-order valence-electron chi connectivity index (χ0n) is 27.2. The number of nitrogens with zero attached hydrogens (tertiary/aromatic N) is 3. The molecule has 0 atom stereocenters. The Morgan fingerprint density at radius 3 is 2.33 bits per heavy atom. The quantitative estimate of drug-likeness (QED) is 0.104. The molecule has 4 aromatic rings. The molecule has 1 N–H and O–H groups in total. The summed E-state index contributed by atoms with van der Waals surface area (Å²) in [5, 5.41) is 9.79. The smallest absolute Gasteiger partial charge is 0.419 e. The average molecular weight is 622 g/mol. The number of fused-ring (bicyclic) bond motifs is 4. The molecule has 0 unspecified atom stereocenters. The summed E-state index contributed by atoms with van der Waals surface area (Å²) in [7, 11) is 0. The van der Waals surface area contributed by atoms with Crippen LogP contribution in [0.1, 0.15) is 135 Å². The molecule has 2 aromatic carbocycles. The number of hydrogen-bond acceptors (Lipinski definition) is 5. The van der Waals surface area contributed by atoms with Crippen LogP contribution < -0.4 is 0 Å². The lowest BCUT2D eigenvalue weighted by Crippen LogP contribution is -2.16. The van der Waals surface area contributed by atoms with Gasteiger partial charge in [0.2, 0.25) is 0 Å². The summed E-state index contributed by atoms with van der Waals surface area (Å²) in [5.41, 5.74) is 9.09. The molecule has 0 amide bonds. The fourth-order valence-corrected chi connectivity index (χ4v) is 7.03. The second-order valence-corrected chi connectivity index (χ2v) is 13.2. The van der Waals surface area contributed by atoms with E-state index in [1.54, 1.807) is 6.20 Å². The second kappa shape index (κ2) is 15.1. The number of unbranched alkanes of at least 4 members (excludes halogenated alkanes) is 10. The predicted octanol–water partition coefficient (Wildman–Crippen LogP) is 9.66. The second-order valence-electron chi connectivity index (χ2n) is 13.2. The number of hydrogen-bond donors (Lipinski definition) is 1. The van der Waals surface area contributed by atoms with Gasteiger partial charge in [0.15, 0.2) is 5.65 Å². The summed E-state index contributed by atoms with van der Waals surface area (Å²) < 4.78 is 6.98. The van der Waals surface area contributed by atoms with Crippen LogP contribution >= 0.6 is 0 Å². The van der Waals surface area contributed by atoms with E-state index in [1.807, 2.05) is 0 Å². The molecule has 6 rings (SSSR count). The highest BCUT2D eigenvalue weighted by Crippen LogP contribution is 2.40. The lowest BCUT2D eigenvalue weighted by molar-refractivity contribution is 0.0698. The van der Waals surface area contributed by atoms with Crippen molar-refractivity contribution in [2.24, 2.45) is 0 Å². The Morgan fingerprint density at radius 2 is 1.61 bits per heavy atom. The van der Waals surface area contributed by atoms with E-state index in [4.69, 9.17) is 4.74 Å². The Kier molecular flexibility index (Phi) is 10.5. The number of benzene rings is 2. The van der Waals surface area contributed by atoms with Crippen LogP contribution in [0.4, 0.5) is 4.79 Å². The Bertz CT molecular complexity index is 1690. The molecule has 0 saturated heterocycles. The highest BCUT2D eigenvalue weighted by molar-refractivity contribution is 6.03. The first-order valence-corrected chi connectivity index (χ1v) is 17.6. The van der Waals surface area contributed by atoms with Crippen molar-refractivity contribution in [1.29, 1.82) is 0 Å². The molecule has 46 heavy (non-hydrogen) atoms. The van der Waals surface area contributed by atoms with Crippen molar-refractivity contribution in [2.75, 3.05) is 6.61 Å². The number of aromatic carboxylic acids is 1. The monoisotopic (exact) mass is 621 g/mol. The Balaban J connectivity index is 1.09. The van der Waals surface area contributed by atoms with Crippen LogP contribution in [0.3, 0.4) is 0 Å². The molecule has 1 saturated carbocycles. The van der Waals surface area contributed by atoms with Gasteiger partial charge < -0.3 is 9.84 Å². The van der Waals surface area contributed by atoms with E-state index in [-0.39, 0.29) is 23.3 Å². The summed E-state index contributed by atoms with van der Waals surface area (Å²) >= 11 is 0. The number of carboxylic acid groups (broad SMARTS) is 1. The van der Waals surface area contributed by atoms with Crippen LogP contribution in [-0.4, -0.2) is 38.3 Å². The van der Waals surface area contributed by atoms with Crippen molar-refractivity contribution in [3.63, 3.8) is 0 Å². The van der Waals surface area contributed by atoms with Crippen LogP contribution in [-0.2, 0) is 24.0 Å². The zero-order chi connectivity index (χ0) is 31.9. The van der Waals surface area contributed by atoms with Gasteiger partial charge in [-0.1, -0.05) is 108 Å². The summed E-state index contributed by atoms with van der Waals surface area (Å²) in [5.74, 6) is -0.808. The first kappa shape index (κ1) is 32.0. The molecule has 2 heterocycles. The van der Waals surface area contributed by atoms with E-state index in [9.17, 15) is 14.7 Å². The Morgan fingerprint density at radius 1 is 0.891 bits per heavy atom. The standard InChI is InChI=1S/C39H47N3O4/c1-2-3-4-5-6-7-8-9-10-11-12-15-27-20-21-32-30-17-14-13-16-29(30)24-33(32)31(27)22-23-46-39(45)42-26-34(38(43)44)36-37(42)40-25-35(41-36)28-18-19-28/h13-14,16-17,20-21,25-26,28H,2-12,15,18-19,22-24H2,1H3,(H,43,44). The molecule has 2 aromatic heterocycles. The maximum Gasteiger partial charge on any atom is 0.419 e. The van der Waals surface area contributed by atoms with Crippen molar-refractivity contribution < 1.29 is 19.4 Å². The molecule has 2 aliphatic carbocycles. The third-order valence-electron chi connectivity index (χ3n) is 9.77. The van der Waals surface area contributed by atoms with Crippen molar-refractivity contribution in [2.45, 2.75) is 116 Å². The van der Waals surface area contributed by atoms with Gasteiger partial charge in [0.25, 0.3) is 0 Å². The van der Waals surface area contributed by atoms with Crippen LogP contribution in [0.25, 0.3) is 22.3 Å². The molecule has 1 fully saturated rings. The van der Waals surface area contributed by atoms with Gasteiger partial charge in [-0.15, -0.1) is 0 Å². The summed E-state index contributed by atoms with van der Waals surface area (Å²) in [6.45, 7) is 2.47. The number of ether oxygens (including phenoxy) is 1. The van der Waals surface area contributed by atoms with Crippen molar-refractivity contribution in [3.05, 3.63) is 82.3 Å². The Labute approximate surface area is 272 Å². The maximum absolute atomic E-state index is 13.3. The number of carbonyl (C=O) groups is 2. The minimum absolute atomic E-state index is 0.0325. The van der Waals surface area contributed by atoms with Crippen LogP contribution in [0.2, 0.25) is 0 Å². The lowest BCUT2D eigenvalue weighted by atomic mass is 9.91. The minimum Gasteiger partial charge on any atom is -0.478 e. The number of rotatable bonds is 17. The first-order valence-electron chi connectivity index (χ1n) is 17.6. The fourth-order valence-electron chi connectivity index (χ4n) is 7.03. The number of aromatic nitrogens is 3. The summed E-state index contributed by atoms with van der Waals surface area (Å²) in [4.78, 5) is 34.2. The van der Waals surface area contributed by atoms with Gasteiger partial charge in [-0.25, -0.2) is 24.1 Å². The van der Waals surface area contributed by atoms with Crippen molar-refractivity contribution in [1.82, 2.24) is 14.5 Å². The molecular formula is C39H47N3O4. The van der Waals surface area contributed by atoms with Gasteiger partial charge in [-0.2, -0.15) is 0 Å². The summed E-state index contributed by atoms with van der Waals surface area (Å²) in [6.07, 6.45) is 21.4. The Hall–Kier alpha value is -4.00. The molecular weight excluding hydrogens is 574 g/mol. The molecule has 2 aliphatic rings. The van der Waals surface area contributed by atoms with E-state index >= 15 is 0 Å². The van der Waals surface area contributed by atoms with Crippen LogP contribution in [0.5, 0.6) is 0 Å². The van der Waals surface area contributed by atoms with Gasteiger partial charge in [0, 0.05) is 18.5 Å². The van der Waals surface area contributed by atoms with Gasteiger partial charge in [0.1, 0.15) is 11.1 Å². The predicted molar refractivity (Wildman–Crippen MR) is 182 cm³/mol. The van der Waals surface area contributed by atoms with Crippen LogP contribution in [0.15, 0.2) is 48.8 Å². The third-order valence-corrected chi connectivity index (χ3v) is 9.77. The molecule has 242 valence electrons. The van der Waals surface area contributed by atoms with E-state index in [0.717, 1.165) is 37.8 Å². The fraction of sp³-hybridized carbons (Fsp3) is 0.487. The normalized spacial score (nSPS) is 13.6. The zero-order valence-corrected chi connectivity index (χ0v) is 27.2. The van der Waals surface area contributed by atoms with E-state index < -0.39 is 12.1 Å². The molecule has 0 aliphatic heterocycles. The average Bonchev–Trinajstić information content (AvgIpc) is 3.74. The van der Waals surface area contributed by atoms with Gasteiger partial charge >= 0.3 is 12.1 Å². The van der Waals surface area contributed by atoms with E-state index in [0.29, 0.717) is 12.3 Å². The minimum atomic E-state index is -1.13. The topological polar surface area (TPSA) is 94.3 Å². The van der Waals surface area contributed by atoms with Crippen molar-refractivity contribution >= 4 is 23.2 Å². The number of carboxylic acids is 1. The lowest BCUT2D eigenvalue weighted by Gasteiger charge is -2.16.